The summed E-state index contributed by atoms with van der Waals surface area (Å²) in [6, 6.07) is 7.62. The van der Waals surface area contributed by atoms with Gasteiger partial charge in [-0.1, -0.05) is 12.1 Å². The number of benzene rings is 1. The molecule has 1 aliphatic heterocycles. The molecule has 1 aromatic carbocycles. The number of fused-ring (bicyclic) bond motifs is 1. The van der Waals surface area contributed by atoms with Crippen LogP contribution < -0.4 is 9.64 Å². The van der Waals surface area contributed by atoms with Crippen LogP contribution in [0, 0.1) is 0 Å². The SMILES string of the molecule is COCCC(=O)N1C[C@@H](C)Oc2ccccc21. The maximum atomic E-state index is 12.1. The van der Waals surface area contributed by atoms with Crippen molar-refractivity contribution in [1.82, 2.24) is 0 Å². The van der Waals surface area contributed by atoms with E-state index in [2.05, 4.69) is 0 Å². The van der Waals surface area contributed by atoms with Crippen LogP contribution in [0.2, 0.25) is 0 Å². The highest BCUT2D eigenvalue weighted by molar-refractivity contribution is 5.95. The van der Waals surface area contributed by atoms with Gasteiger partial charge in [0.2, 0.25) is 5.91 Å². The molecule has 0 N–H and O–H groups in total. The van der Waals surface area contributed by atoms with Gasteiger partial charge in [-0.15, -0.1) is 0 Å². The minimum absolute atomic E-state index is 0.0244. The van der Waals surface area contributed by atoms with E-state index in [4.69, 9.17) is 9.47 Å². The third-order valence-electron chi connectivity index (χ3n) is 2.74. The molecular weight excluding hydrogens is 218 g/mol. The van der Waals surface area contributed by atoms with E-state index in [9.17, 15) is 4.79 Å². The van der Waals surface area contributed by atoms with Crippen LogP contribution in [0.3, 0.4) is 0 Å². The minimum Gasteiger partial charge on any atom is -0.487 e. The van der Waals surface area contributed by atoms with Gasteiger partial charge >= 0.3 is 0 Å². The van der Waals surface area contributed by atoms with E-state index >= 15 is 0 Å². The predicted octanol–water partition coefficient (Wildman–Crippen LogP) is 1.84. The van der Waals surface area contributed by atoms with E-state index in [0.717, 1.165) is 11.4 Å². The van der Waals surface area contributed by atoms with Crippen molar-refractivity contribution < 1.29 is 14.3 Å². The molecule has 1 amide bonds. The average molecular weight is 235 g/mol. The first-order chi connectivity index (χ1) is 8.22. The zero-order valence-electron chi connectivity index (χ0n) is 10.2. The molecule has 0 radical (unpaired) electrons. The highest BCUT2D eigenvalue weighted by Crippen LogP contribution is 2.33. The molecule has 0 spiro atoms. The van der Waals surface area contributed by atoms with Crippen LogP contribution in [0.4, 0.5) is 5.69 Å². The molecule has 0 bridgehead atoms. The van der Waals surface area contributed by atoms with Crippen molar-refractivity contribution in [3.05, 3.63) is 24.3 Å². The van der Waals surface area contributed by atoms with Crippen molar-refractivity contribution in [3.8, 4) is 5.75 Å². The summed E-state index contributed by atoms with van der Waals surface area (Å²) in [4.78, 5) is 13.8. The molecule has 1 aromatic rings. The molecule has 4 nitrogen and oxygen atoms in total. The smallest absolute Gasteiger partial charge is 0.229 e. The van der Waals surface area contributed by atoms with Gasteiger partial charge in [-0.05, 0) is 19.1 Å². The second-order valence-electron chi connectivity index (χ2n) is 4.14. The number of ether oxygens (including phenoxy) is 2. The Morgan fingerprint density at radius 1 is 1.53 bits per heavy atom. The van der Waals surface area contributed by atoms with Crippen molar-refractivity contribution in [3.63, 3.8) is 0 Å². The van der Waals surface area contributed by atoms with Gasteiger partial charge in [0.25, 0.3) is 0 Å². The van der Waals surface area contributed by atoms with Gasteiger partial charge in [-0.25, -0.2) is 0 Å². The summed E-state index contributed by atoms with van der Waals surface area (Å²) in [6.45, 7) is 3.01. The molecule has 0 fully saturated rings. The van der Waals surface area contributed by atoms with E-state index in [1.54, 1.807) is 12.0 Å². The number of carbonyl (C=O) groups is 1. The number of methoxy groups -OCH3 is 1. The first-order valence-electron chi connectivity index (χ1n) is 5.77. The number of amides is 1. The molecule has 92 valence electrons. The molecule has 2 rings (SSSR count). The molecule has 17 heavy (non-hydrogen) atoms. The fourth-order valence-electron chi connectivity index (χ4n) is 1.95. The van der Waals surface area contributed by atoms with E-state index < -0.39 is 0 Å². The Balaban J connectivity index is 2.20. The summed E-state index contributed by atoms with van der Waals surface area (Å²) in [5, 5.41) is 0. The van der Waals surface area contributed by atoms with Gasteiger partial charge < -0.3 is 14.4 Å². The minimum atomic E-state index is 0.0244. The van der Waals surface area contributed by atoms with Crippen molar-refractivity contribution in [2.75, 3.05) is 25.2 Å². The summed E-state index contributed by atoms with van der Waals surface area (Å²) in [5.74, 6) is 0.853. The van der Waals surface area contributed by atoms with Gasteiger partial charge in [-0.2, -0.15) is 0 Å². The van der Waals surface area contributed by atoms with Crippen LogP contribution in [0.1, 0.15) is 13.3 Å². The monoisotopic (exact) mass is 235 g/mol. The molecular formula is C13H17NO3. The molecule has 0 saturated carbocycles. The standard InChI is InChI=1S/C13H17NO3/c1-10-9-14(13(15)7-8-16-2)11-5-3-4-6-12(11)17-10/h3-6,10H,7-9H2,1-2H3/t10-/m1/s1. The zero-order valence-corrected chi connectivity index (χ0v) is 10.2. The Morgan fingerprint density at radius 2 is 2.29 bits per heavy atom. The van der Waals surface area contributed by atoms with Crippen molar-refractivity contribution in [2.24, 2.45) is 0 Å². The maximum absolute atomic E-state index is 12.1. The van der Waals surface area contributed by atoms with Crippen molar-refractivity contribution in [1.29, 1.82) is 0 Å². The molecule has 0 unspecified atom stereocenters. The number of rotatable bonds is 3. The van der Waals surface area contributed by atoms with Gasteiger partial charge in [0.05, 0.1) is 25.3 Å². The van der Waals surface area contributed by atoms with Crippen LogP contribution in [0.15, 0.2) is 24.3 Å². The lowest BCUT2D eigenvalue weighted by Gasteiger charge is -2.33. The van der Waals surface area contributed by atoms with Crippen LogP contribution in [0.25, 0.3) is 0 Å². The van der Waals surface area contributed by atoms with Crippen molar-refractivity contribution in [2.45, 2.75) is 19.4 Å². The number of hydrogen-bond donors (Lipinski definition) is 0. The van der Waals surface area contributed by atoms with Gasteiger partial charge in [-0.3, -0.25) is 4.79 Å². The fraction of sp³-hybridized carbons (Fsp3) is 0.462. The van der Waals surface area contributed by atoms with E-state index in [-0.39, 0.29) is 12.0 Å². The summed E-state index contributed by atoms with van der Waals surface area (Å²) in [5.41, 5.74) is 0.853. The topological polar surface area (TPSA) is 38.8 Å². The number of anilines is 1. The molecule has 1 atom stereocenters. The van der Waals surface area contributed by atoms with Crippen molar-refractivity contribution >= 4 is 11.6 Å². The maximum Gasteiger partial charge on any atom is 0.229 e. The number of para-hydroxylation sites is 2. The third kappa shape index (κ3) is 2.58. The lowest BCUT2D eigenvalue weighted by atomic mass is 10.2. The zero-order chi connectivity index (χ0) is 12.3. The Hall–Kier alpha value is -1.55. The molecule has 0 saturated heterocycles. The Kier molecular flexibility index (Phi) is 3.64. The third-order valence-corrected chi connectivity index (χ3v) is 2.74. The number of hydrogen-bond acceptors (Lipinski definition) is 3. The predicted molar refractivity (Wildman–Crippen MR) is 65.4 cm³/mol. The van der Waals surface area contributed by atoms with E-state index in [1.165, 1.54) is 0 Å². The van der Waals surface area contributed by atoms with Crippen LogP contribution in [-0.4, -0.2) is 32.3 Å². The summed E-state index contributed by atoms with van der Waals surface area (Å²) in [7, 11) is 1.60. The first-order valence-corrected chi connectivity index (χ1v) is 5.77. The van der Waals surface area contributed by atoms with Crippen LogP contribution in [-0.2, 0) is 9.53 Å². The van der Waals surface area contributed by atoms with Gasteiger partial charge in [0, 0.05) is 7.11 Å². The molecule has 0 aromatic heterocycles. The lowest BCUT2D eigenvalue weighted by molar-refractivity contribution is -0.119. The number of carbonyl (C=O) groups excluding carboxylic acids is 1. The quantitative estimate of drug-likeness (QED) is 0.802. The first kappa shape index (κ1) is 11.9. The molecule has 1 heterocycles. The Morgan fingerprint density at radius 3 is 3.06 bits per heavy atom. The second-order valence-corrected chi connectivity index (χ2v) is 4.14. The largest absolute Gasteiger partial charge is 0.487 e. The highest BCUT2D eigenvalue weighted by Gasteiger charge is 2.26. The second kappa shape index (κ2) is 5.19. The molecule has 0 aliphatic carbocycles. The number of nitrogens with zero attached hydrogens (tertiary/aromatic N) is 1. The highest BCUT2D eigenvalue weighted by atomic mass is 16.5. The molecule has 4 heteroatoms. The average Bonchev–Trinajstić information content (AvgIpc) is 2.34. The van der Waals surface area contributed by atoms with E-state index in [0.29, 0.717) is 19.6 Å². The Bertz CT molecular complexity index is 405. The lowest BCUT2D eigenvalue weighted by Crippen LogP contribution is -2.42. The summed E-state index contributed by atoms with van der Waals surface area (Å²) >= 11 is 0. The van der Waals surface area contributed by atoms with E-state index in [1.807, 2.05) is 31.2 Å². The summed E-state index contributed by atoms with van der Waals surface area (Å²) in [6.07, 6.45) is 0.425. The van der Waals surface area contributed by atoms with Crippen LogP contribution >= 0.6 is 0 Å². The fourth-order valence-corrected chi connectivity index (χ4v) is 1.95. The van der Waals surface area contributed by atoms with Gasteiger partial charge in [0.15, 0.2) is 0 Å². The Labute approximate surface area is 101 Å². The molecule has 1 aliphatic rings. The normalized spacial score (nSPS) is 18.5. The van der Waals surface area contributed by atoms with Gasteiger partial charge in [0.1, 0.15) is 11.9 Å². The van der Waals surface area contributed by atoms with Crippen LogP contribution in [0.5, 0.6) is 5.75 Å². The summed E-state index contributed by atoms with van der Waals surface area (Å²) < 4.78 is 10.6.